The number of carbonyl (C=O) groups is 2. The van der Waals surface area contributed by atoms with Gasteiger partial charge in [-0.05, 0) is 36.4 Å². The van der Waals surface area contributed by atoms with E-state index in [0.29, 0.717) is 38.5 Å². The van der Waals surface area contributed by atoms with Gasteiger partial charge in [-0.25, -0.2) is 4.98 Å². The summed E-state index contributed by atoms with van der Waals surface area (Å²) in [5, 5.41) is 9.55. The highest BCUT2D eigenvalue weighted by Gasteiger charge is 2.17. The van der Waals surface area contributed by atoms with E-state index in [0.717, 1.165) is 4.88 Å². The summed E-state index contributed by atoms with van der Waals surface area (Å²) in [6, 6.07) is 13.3. The topological polar surface area (TPSA) is 123 Å². The molecule has 1 aromatic carbocycles. The Balaban J connectivity index is 1.45. The first-order chi connectivity index (χ1) is 14.5. The van der Waals surface area contributed by atoms with Gasteiger partial charge in [0, 0.05) is 11.6 Å². The standard InChI is InChI=1S/C20H14ClN5O3S/c21-16-6-5-15(30-16)18-14(10-24-26-18)20(28)25-12-4-7-17(23-9-12)29-13-3-1-2-11(8-13)19(22)27/h1-10H,(H2,22,27)(H,24,26)(H,25,28). The molecule has 0 fully saturated rings. The number of aromatic amines is 1. The number of amides is 2. The molecule has 0 saturated carbocycles. The van der Waals surface area contributed by atoms with E-state index in [9.17, 15) is 9.59 Å². The number of ether oxygens (including phenoxy) is 1. The smallest absolute Gasteiger partial charge is 0.259 e. The van der Waals surface area contributed by atoms with Crippen molar-refractivity contribution in [2.24, 2.45) is 5.73 Å². The molecule has 0 atom stereocenters. The molecule has 30 heavy (non-hydrogen) atoms. The fraction of sp³-hybridized carbons (Fsp3) is 0. The molecular formula is C20H14ClN5O3S. The summed E-state index contributed by atoms with van der Waals surface area (Å²) in [5.41, 5.74) is 7.06. The van der Waals surface area contributed by atoms with Gasteiger partial charge in [0.1, 0.15) is 5.75 Å². The number of H-pyrrole nitrogens is 1. The van der Waals surface area contributed by atoms with Crippen LogP contribution in [0.15, 0.2) is 60.9 Å². The van der Waals surface area contributed by atoms with Crippen molar-refractivity contribution in [2.45, 2.75) is 0 Å². The first-order valence-electron chi connectivity index (χ1n) is 8.64. The Morgan fingerprint density at radius 3 is 2.70 bits per heavy atom. The number of nitrogens with two attached hydrogens (primary N) is 1. The Morgan fingerprint density at radius 1 is 1.13 bits per heavy atom. The van der Waals surface area contributed by atoms with E-state index in [2.05, 4.69) is 20.5 Å². The van der Waals surface area contributed by atoms with Gasteiger partial charge >= 0.3 is 0 Å². The minimum atomic E-state index is -0.546. The van der Waals surface area contributed by atoms with Crippen molar-refractivity contribution >= 4 is 40.4 Å². The number of thiophene rings is 1. The third kappa shape index (κ3) is 4.32. The first kappa shape index (κ1) is 19.6. The molecule has 0 aliphatic heterocycles. The Labute approximate surface area is 179 Å². The van der Waals surface area contributed by atoms with Gasteiger partial charge in [-0.1, -0.05) is 17.7 Å². The van der Waals surface area contributed by atoms with Crippen LogP contribution in [0.1, 0.15) is 20.7 Å². The summed E-state index contributed by atoms with van der Waals surface area (Å²) in [4.78, 5) is 28.9. The van der Waals surface area contributed by atoms with Gasteiger partial charge in [-0.15, -0.1) is 11.3 Å². The number of nitrogens with one attached hydrogen (secondary N) is 2. The first-order valence-corrected chi connectivity index (χ1v) is 9.83. The minimum absolute atomic E-state index is 0.298. The van der Waals surface area contributed by atoms with Crippen molar-refractivity contribution in [1.29, 1.82) is 0 Å². The molecule has 0 unspecified atom stereocenters. The second kappa shape index (κ2) is 8.36. The van der Waals surface area contributed by atoms with Crippen LogP contribution in [0.5, 0.6) is 11.6 Å². The summed E-state index contributed by atoms with van der Waals surface area (Å²) in [7, 11) is 0. The number of aromatic nitrogens is 3. The molecule has 0 radical (unpaired) electrons. The Morgan fingerprint density at radius 2 is 2.00 bits per heavy atom. The molecule has 4 N–H and O–H groups in total. The lowest BCUT2D eigenvalue weighted by Crippen LogP contribution is -2.12. The maximum Gasteiger partial charge on any atom is 0.259 e. The Kier molecular flexibility index (Phi) is 5.46. The van der Waals surface area contributed by atoms with Crippen LogP contribution >= 0.6 is 22.9 Å². The second-order valence-corrected chi connectivity index (χ2v) is 7.81. The number of primary amides is 1. The number of halogens is 1. The van der Waals surface area contributed by atoms with Crippen molar-refractivity contribution in [2.75, 3.05) is 5.32 Å². The second-order valence-electron chi connectivity index (χ2n) is 6.10. The molecule has 150 valence electrons. The van der Waals surface area contributed by atoms with Crippen LogP contribution in [0.3, 0.4) is 0 Å². The van der Waals surface area contributed by atoms with Gasteiger partial charge in [0.25, 0.3) is 5.91 Å². The molecule has 3 heterocycles. The van der Waals surface area contributed by atoms with E-state index in [1.165, 1.54) is 29.8 Å². The summed E-state index contributed by atoms with van der Waals surface area (Å²) < 4.78 is 6.24. The van der Waals surface area contributed by atoms with E-state index in [-0.39, 0.29) is 5.91 Å². The van der Waals surface area contributed by atoms with Gasteiger partial charge in [0.15, 0.2) is 0 Å². The largest absolute Gasteiger partial charge is 0.439 e. The van der Waals surface area contributed by atoms with Crippen molar-refractivity contribution < 1.29 is 14.3 Å². The zero-order valence-electron chi connectivity index (χ0n) is 15.3. The number of hydrogen-bond donors (Lipinski definition) is 3. The predicted octanol–water partition coefficient (Wildman–Crippen LogP) is 4.33. The molecule has 0 bridgehead atoms. The fourth-order valence-electron chi connectivity index (χ4n) is 2.64. The molecule has 2 amide bonds. The van der Waals surface area contributed by atoms with Crippen molar-refractivity contribution in [3.8, 4) is 22.2 Å². The molecule has 0 aliphatic carbocycles. The Bertz CT molecular complexity index is 1220. The van der Waals surface area contributed by atoms with Crippen molar-refractivity contribution in [1.82, 2.24) is 15.2 Å². The molecule has 0 spiro atoms. The quantitative estimate of drug-likeness (QED) is 0.412. The van der Waals surface area contributed by atoms with Crippen LogP contribution < -0.4 is 15.8 Å². The average molecular weight is 440 g/mol. The summed E-state index contributed by atoms with van der Waals surface area (Å²) in [5.74, 6) is -0.164. The molecular weight excluding hydrogens is 426 g/mol. The summed E-state index contributed by atoms with van der Waals surface area (Å²) in [6.07, 6.45) is 2.92. The van der Waals surface area contributed by atoms with Gasteiger partial charge < -0.3 is 15.8 Å². The Hall–Kier alpha value is -3.69. The number of anilines is 1. The summed E-state index contributed by atoms with van der Waals surface area (Å²) >= 11 is 7.32. The van der Waals surface area contributed by atoms with E-state index < -0.39 is 5.91 Å². The third-order valence-electron chi connectivity index (χ3n) is 4.04. The fourth-order valence-corrected chi connectivity index (χ4v) is 3.69. The van der Waals surface area contributed by atoms with Crippen LogP contribution in [0.2, 0.25) is 4.34 Å². The lowest BCUT2D eigenvalue weighted by atomic mass is 10.2. The number of carbonyl (C=O) groups excluding carboxylic acids is 2. The zero-order chi connectivity index (χ0) is 21.1. The number of rotatable bonds is 6. The maximum absolute atomic E-state index is 12.7. The van der Waals surface area contributed by atoms with E-state index >= 15 is 0 Å². The van der Waals surface area contributed by atoms with Crippen molar-refractivity contribution in [3.05, 3.63) is 76.4 Å². The van der Waals surface area contributed by atoms with Gasteiger partial charge in [0.2, 0.25) is 11.8 Å². The van der Waals surface area contributed by atoms with Crippen molar-refractivity contribution in [3.63, 3.8) is 0 Å². The molecule has 4 aromatic rings. The van der Waals surface area contributed by atoms with Crippen LogP contribution in [0.25, 0.3) is 10.6 Å². The lowest BCUT2D eigenvalue weighted by molar-refractivity contribution is 0.0997. The van der Waals surface area contributed by atoms with E-state index in [4.69, 9.17) is 22.1 Å². The maximum atomic E-state index is 12.7. The molecule has 3 aromatic heterocycles. The molecule has 4 rings (SSSR count). The highest BCUT2D eigenvalue weighted by molar-refractivity contribution is 7.19. The van der Waals surface area contributed by atoms with E-state index in [1.54, 1.807) is 36.4 Å². The van der Waals surface area contributed by atoms with Crippen LogP contribution in [-0.2, 0) is 0 Å². The summed E-state index contributed by atoms with van der Waals surface area (Å²) in [6.45, 7) is 0. The van der Waals surface area contributed by atoms with Crippen LogP contribution in [0.4, 0.5) is 5.69 Å². The van der Waals surface area contributed by atoms with Crippen LogP contribution in [-0.4, -0.2) is 27.0 Å². The number of pyridine rings is 1. The minimum Gasteiger partial charge on any atom is -0.439 e. The van der Waals surface area contributed by atoms with E-state index in [1.807, 2.05) is 6.07 Å². The van der Waals surface area contributed by atoms with Gasteiger partial charge in [0.05, 0.1) is 38.6 Å². The molecule has 0 saturated heterocycles. The number of benzene rings is 1. The monoisotopic (exact) mass is 439 g/mol. The normalized spacial score (nSPS) is 10.6. The number of hydrogen-bond acceptors (Lipinski definition) is 6. The highest BCUT2D eigenvalue weighted by atomic mass is 35.5. The van der Waals surface area contributed by atoms with Gasteiger partial charge in [-0.2, -0.15) is 5.10 Å². The molecule has 8 nitrogen and oxygen atoms in total. The predicted molar refractivity (Wildman–Crippen MR) is 114 cm³/mol. The third-order valence-corrected chi connectivity index (χ3v) is 5.29. The molecule has 10 heteroatoms. The number of nitrogens with zero attached hydrogens (tertiary/aromatic N) is 2. The zero-order valence-corrected chi connectivity index (χ0v) is 16.8. The molecule has 0 aliphatic rings. The lowest BCUT2D eigenvalue weighted by Gasteiger charge is -2.08. The van der Waals surface area contributed by atoms with Gasteiger partial charge in [-0.3, -0.25) is 14.7 Å². The highest BCUT2D eigenvalue weighted by Crippen LogP contribution is 2.32. The SMILES string of the molecule is NC(=O)c1cccc(Oc2ccc(NC(=O)c3cn[nH]c3-c3ccc(Cl)s3)cn2)c1. The van der Waals surface area contributed by atoms with Crippen LogP contribution in [0, 0.1) is 0 Å². The average Bonchev–Trinajstić information content (AvgIpc) is 3.38.